The third kappa shape index (κ3) is 4.90. The maximum atomic E-state index is 12.9. The fourth-order valence-corrected chi connectivity index (χ4v) is 4.09. The Morgan fingerprint density at radius 3 is 2.10 bits per heavy atom. The van der Waals surface area contributed by atoms with Crippen LogP contribution in [0.3, 0.4) is 0 Å². The highest BCUT2D eigenvalue weighted by Crippen LogP contribution is 2.37. The Balaban J connectivity index is 2.07. The first-order valence-electron chi connectivity index (χ1n) is 5.99. The van der Waals surface area contributed by atoms with Crippen LogP contribution in [0.2, 0.25) is 0 Å². The van der Waals surface area contributed by atoms with Gasteiger partial charge in [0.25, 0.3) is 0 Å². The Morgan fingerprint density at radius 2 is 1.55 bits per heavy atom. The molecule has 104 valence electrons. The van der Waals surface area contributed by atoms with Crippen molar-refractivity contribution < 1.29 is 14.3 Å². The highest BCUT2D eigenvalue weighted by atomic mass is 32.2. The second-order valence-electron chi connectivity index (χ2n) is 4.03. The maximum absolute atomic E-state index is 12.9. The van der Waals surface area contributed by atoms with Crippen molar-refractivity contribution in [3.8, 4) is 0 Å². The first-order chi connectivity index (χ1) is 9.63. The van der Waals surface area contributed by atoms with E-state index in [1.807, 2.05) is 30.3 Å². The van der Waals surface area contributed by atoms with Gasteiger partial charge in [0.1, 0.15) is 5.82 Å². The van der Waals surface area contributed by atoms with Crippen molar-refractivity contribution in [2.24, 2.45) is 0 Å². The van der Waals surface area contributed by atoms with Gasteiger partial charge in [0, 0.05) is 9.79 Å². The summed E-state index contributed by atoms with van der Waals surface area (Å²) in [5.41, 5.74) is 0. The minimum atomic E-state index is -0.840. The molecule has 5 heteroatoms. The van der Waals surface area contributed by atoms with Gasteiger partial charge < -0.3 is 5.11 Å². The summed E-state index contributed by atoms with van der Waals surface area (Å²) in [5.74, 6) is -1.13. The van der Waals surface area contributed by atoms with E-state index in [4.69, 9.17) is 5.11 Å². The Hall–Kier alpha value is -1.46. The normalized spacial score (nSPS) is 12.1. The third-order valence-corrected chi connectivity index (χ3v) is 4.96. The van der Waals surface area contributed by atoms with E-state index in [1.165, 1.54) is 35.7 Å². The molecule has 1 atom stereocenters. The van der Waals surface area contributed by atoms with Crippen LogP contribution in [0.5, 0.6) is 0 Å². The topological polar surface area (TPSA) is 37.3 Å². The van der Waals surface area contributed by atoms with Crippen molar-refractivity contribution in [3.05, 3.63) is 60.4 Å². The number of aliphatic carboxylic acids is 1. The summed E-state index contributed by atoms with van der Waals surface area (Å²) in [4.78, 5) is 12.8. The van der Waals surface area contributed by atoms with Crippen molar-refractivity contribution in [1.82, 2.24) is 0 Å². The Labute approximate surface area is 125 Å². The molecule has 1 N–H and O–H groups in total. The van der Waals surface area contributed by atoms with Crippen LogP contribution in [0, 0.1) is 5.82 Å². The molecular weight excluding hydrogens is 295 g/mol. The summed E-state index contributed by atoms with van der Waals surface area (Å²) in [6, 6.07) is 15.8. The van der Waals surface area contributed by atoms with Crippen molar-refractivity contribution in [1.29, 1.82) is 0 Å². The zero-order valence-electron chi connectivity index (χ0n) is 10.5. The molecule has 2 aromatic carbocycles. The lowest BCUT2D eigenvalue weighted by atomic mass is 10.4. The standard InChI is InChI=1S/C15H13FO2S2/c16-11-6-8-13(9-7-11)20-15(10-14(17)18)19-12-4-2-1-3-5-12/h1-9,15H,10H2,(H,17,18). The van der Waals surface area contributed by atoms with E-state index in [0.717, 1.165) is 9.79 Å². The smallest absolute Gasteiger partial charge is 0.305 e. The Morgan fingerprint density at radius 1 is 1.00 bits per heavy atom. The van der Waals surface area contributed by atoms with Gasteiger partial charge in [0.2, 0.25) is 0 Å². The molecule has 1 unspecified atom stereocenters. The van der Waals surface area contributed by atoms with Gasteiger partial charge in [-0.25, -0.2) is 4.39 Å². The minimum Gasteiger partial charge on any atom is -0.481 e. The number of benzene rings is 2. The quantitative estimate of drug-likeness (QED) is 0.629. The van der Waals surface area contributed by atoms with Crippen molar-refractivity contribution in [2.45, 2.75) is 20.8 Å². The van der Waals surface area contributed by atoms with E-state index in [-0.39, 0.29) is 16.8 Å². The third-order valence-electron chi connectivity index (χ3n) is 2.43. The van der Waals surface area contributed by atoms with Crippen molar-refractivity contribution in [3.63, 3.8) is 0 Å². The number of carbonyl (C=O) groups is 1. The molecule has 2 aromatic rings. The molecule has 2 nitrogen and oxygen atoms in total. The lowest BCUT2D eigenvalue weighted by Gasteiger charge is -2.14. The van der Waals surface area contributed by atoms with Gasteiger partial charge in [-0.3, -0.25) is 4.79 Å². The molecule has 0 aromatic heterocycles. The fourth-order valence-electron chi connectivity index (χ4n) is 1.57. The van der Waals surface area contributed by atoms with E-state index in [2.05, 4.69) is 0 Å². The van der Waals surface area contributed by atoms with Gasteiger partial charge in [-0.2, -0.15) is 0 Å². The number of hydrogen-bond donors (Lipinski definition) is 1. The van der Waals surface area contributed by atoms with Gasteiger partial charge in [0.15, 0.2) is 0 Å². The molecule has 0 saturated carbocycles. The average molecular weight is 308 g/mol. The number of hydrogen-bond acceptors (Lipinski definition) is 3. The van der Waals surface area contributed by atoms with Crippen LogP contribution < -0.4 is 0 Å². The minimum absolute atomic E-state index is 0.0433. The van der Waals surface area contributed by atoms with Gasteiger partial charge in [-0.05, 0) is 36.4 Å². The van der Waals surface area contributed by atoms with E-state index < -0.39 is 5.97 Å². The first-order valence-corrected chi connectivity index (χ1v) is 7.75. The van der Waals surface area contributed by atoms with Gasteiger partial charge in [-0.1, -0.05) is 18.2 Å². The zero-order chi connectivity index (χ0) is 14.4. The zero-order valence-corrected chi connectivity index (χ0v) is 12.2. The van der Waals surface area contributed by atoms with Crippen LogP contribution in [0.4, 0.5) is 4.39 Å². The van der Waals surface area contributed by atoms with Gasteiger partial charge in [0.05, 0.1) is 11.0 Å². The molecule has 0 aliphatic carbocycles. The van der Waals surface area contributed by atoms with Crippen LogP contribution in [0.15, 0.2) is 64.4 Å². The van der Waals surface area contributed by atoms with Crippen LogP contribution in [-0.4, -0.2) is 15.7 Å². The van der Waals surface area contributed by atoms with E-state index >= 15 is 0 Å². The summed E-state index contributed by atoms with van der Waals surface area (Å²) in [6.45, 7) is 0. The van der Waals surface area contributed by atoms with Crippen LogP contribution in [-0.2, 0) is 4.79 Å². The molecule has 0 aliphatic heterocycles. The largest absolute Gasteiger partial charge is 0.481 e. The molecule has 0 bridgehead atoms. The van der Waals surface area contributed by atoms with E-state index in [9.17, 15) is 9.18 Å². The molecule has 20 heavy (non-hydrogen) atoms. The Bertz CT molecular complexity index is 558. The molecular formula is C15H13FO2S2. The Kier molecular flexibility index (Phi) is 5.49. The number of carboxylic acids is 1. The predicted molar refractivity (Wildman–Crippen MR) is 80.6 cm³/mol. The van der Waals surface area contributed by atoms with Crippen LogP contribution >= 0.6 is 23.5 Å². The second kappa shape index (κ2) is 7.36. The lowest BCUT2D eigenvalue weighted by molar-refractivity contribution is -0.136. The number of halogens is 1. The highest BCUT2D eigenvalue weighted by Gasteiger charge is 2.16. The maximum Gasteiger partial charge on any atom is 0.305 e. The molecule has 0 amide bonds. The van der Waals surface area contributed by atoms with E-state index in [1.54, 1.807) is 12.1 Å². The summed E-state index contributed by atoms with van der Waals surface area (Å²) in [6.07, 6.45) is 0.0433. The van der Waals surface area contributed by atoms with Gasteiger partial charge >= 0.3 is 5.97 Å². The molecule has 0 aliphatic rings. The van der Waals surface area contributed by atoms with Crippen molar-refractivity contribution >= 4 is 29.5 Å². The first kappa shape index (κ1) is 14.9. The summed E-state index contributed by atoms with van der Waals surface area (Å²) < 4.78 is 12.7. The highest BCUT2D eigenvalue weighted by molar-refractivity contribution is 8.17. The average Bonchev–Trinajstić information content (AvgIpc) is 2.42. The molecule has 0 heterocycles. The SMILES string of the molecule is O=C(O)CC(Sc1ccccc1)Sc1ccc(F)cc1. The predicted octanol–water partition coefficient (Wildman–Crippen LogP) is 4.51. The second-order valence-corrected chi connectivity index (χ2v) is 6.88. The number of rotatable bonds is 6. The van der Waals surface area contributed by atoms with Gasteiger partial charge in [-0.15, -0.1) is 23.5 Å². The van der Waals surface area contributed by atoms with Crippen LogP contribution in [0.1, 0.15) is 6.42 Å². The van der Waals surface area contributed by atoms with E-state index in [0.29, 0.717) is 0 Å². The molecule has 0 spiro atoms. The molecule has 0 radical (unpaired) electrons. The number of carboxylic acid groups (broad SMARTS) is 1. The molecule has 0 saturated heterocycles. The molecule has 2 rings (SSSR count). The molecule has 0 fully saturated rings. The summed E-state index contributed by atoms with van der Waals surface area (Å²) in [5, 5.41) is 9.00. The monoisotopic (exact) mass is 308 g/mol. The summed E-state index contributed by atoms with van der Waals surface area (Å²) in [7, 11) is 0. The summed E-state index contributed by atoms with van der Waals surface area (Å²) >= 11 is 2.94. The van der Waals surface area contributed by atoms with Crippen LogP contribution in [0.25, 0.3) is 0 Å². The fraction of sp³-hybridized carbons (Fsp3) is 0.133. The number of thioether (sulfide) groups is 2. The lowest BCUT2D eigenvalue weighted by Crippen LogP contribution is -2.06. The van der Waals surface area contributed by atoms with Crippen molar-refractivity contribution in [2.75, 3.05) is 0 Å².